The molecule has 1 saturated heterocycles. The molecule has 1 aliphatic heterocycles. The van der Waals surface area contributed by atoms with Gasteiger partial charge in [-0.05, 0) is 39.8 Å². The van der Waals surface area contributed by atoms with Crippen LogP contribution < -0.4 is 5.59 Å². The highest BCUT2D eigenvalue weighted by Gasteiger charge is 2.52. The summed E-state index contributed by atoms with van der Waals surface area (Å²) in [6.07, 6.45) is 0. The number of thiazole rings is 1. The minimum atomic E-state index is -0.447. The van der Waals surface area contributed by atoms with Crippen LogP contribution in [0.3, 0.4) is 0 Å². The van der Waals surface area contributed by atoms with E-state index in [1.165, 1.54) is 11.3 Å². The Morgan fingerprint density at radius 2 is 1.68 bits per heavy atom. The third kappa shape index (κ3) is 2.81. The highest BCUT2D eigenvalue weighted by Crippen LogP contribution is 2.37. The van der Waals surface area contributed by atoms with E-state index in [0.29, 0.717) is 10.0 Å². The number of halogens is 2. The smallest absolute Gasteiger partial charge is 0.398 e. The van der Waals surface area contributed by atoms with E-state index in [4.69, 9.17) is 32.5 Å². The number of aromatic nitrogens is 1. The van der Waals surface area contributed by atoms with Gasteiger partial charge in [-0.15, -0.1) is 11.3 Å². The first-order valence-corrected chi connectivity index (χ1v) is 8.60. The van der Waals surface area contributed by atoms with Crippen molar-refractivity contribution in [3.63, 3.8) is 0 Å². The van der Waals surface area contributed by atoms with Gasteiger partial charge in [0.15, 0.2) is 0 Å². The lowest BCUT2D eigenvalue weighted by Crippen LogP contribution is -2.41. The van der Waals surface area contributed by atoms with E-state index in [1.54, 1.807) is 6.07 Å². The molecule has 2 heterocycles. The van der Waals surface area contributed by atoms with Crippen molar-refractivity contribution >= 4 is 47.3 Å². The van der Waals surface area contributed by atoms with Crippen molar-refractivity contribution in [2.45, 2.75) is 38.9 Å². The second-order valence-electron chi connectivity index (χ2n) is 6.29. The van der Waals surface area contributed by atoms with Crippen LogP contribution in [0.2, 0.25) is 10.0 Å². The van der Waals surface area contributed by atoms with Gasteiger partial charge in [0, 0.05) is 10.9 Å². The molecule has 0 saturated carbocycles. The number of hydrogen-bond acceptors (Lipinski definition) is 4. The average molecular weight is 356 g/mol. The molecule has 3 rings (SSSR count). The molecule has 1 aliphatic rings. The minimum absolute atomic E-state index is 0.370. The van der Waals surface area contributed by atoms with Crippen molar-refractivity contribution in [3.05, 3.63) is 33.6 Å². The van der Waals surface area contributed by atoms with Crippen molar-refractivity contribution in [3.8, 4) is 10.6 Å². The van der Waals surface area contributed by atoms with Crippen LogP contribution in [0.25, 0.3) is 10.6 Å². The topological polar surface area (TPSA) is 31.4 Å². The van der Waals surface area contributed by atoms with E-state index in [1.807, 2.05) is 45.2 Å². The van der Waals surface area contributed by atoms with Crippen LogP contribution in [0.4, 0.5) is 0 Å². The van der Waals surface area contributed by atoms with Gasteiger partial charge in [-0.25, -0.2) is 4.98 Å². The molecule has 22 heavy (non-hydrogen) atoms. The number of hydrogen-bond donors (Lipinski definition) is 0. The summed E-state index contributed by atoms with van der Waals surface area (Å²) in [6, 6.07) is 5.49. The van der Waals surface area contributed by atoms with Gasteiger partial charge in [-0.2, -0.15) is 0 Å². The molecule has 0 atom stereocenters. The normalized spacial score (nSPS) is 19.6. The summed E-state index contributed by atoms with van der Waals surface area (Å²) in [4.78, 5) is 4.63. The third-order valence-corrected chi connectivity index (χ3v) is 5.83. The quantitative estimate of drug-likeness (QED) is 0.747. The monoisotopic (exact) mass is 355 g/mol. The SMILES string of the molecule is CC1(C)OB(c2csc(-c3ccc(Cl)c(Cl)c3)n2)OC1(C)C. The van der Waals surface area contributed by atoms with Crippen LogP contribution in [0.1, 0.15) is 27.7 Å². The number of nitrogens with zero attached hydrogens (tertiary/aromatic N) is 1. The first-order valence-electron chi connectivity index (χ1n) is 6.96. The molecule has 0 N–H and O–H groups in total. The van der Waals surface area contributed by atoms with Crippen LogP contribution in [0, 0.1) is 0 Å². The van der Waals surface area contributed by atoms with Gasteiger partial charge in [0.2, 0.25) is 0 Å². The molecule has 7 heteroatoms. The fraction of sp³-hybridized carbons (Fsp3) is 0.400. The first kappa shape index (κ1) is 16.3. The summed E-state index contributed by atoms with van der Waals surface area (Å²) in [5.41, 5.74) is 0.975. The van der Waals surface area contributed by atoms with Crippen molar-refractivity contribution in [1.82, 2.24) is 4.98 Å². The Balaban J connectivity index is 1.87. The summed E-state index contributed by atoms with van der Waals surface area (Å²) in [5.74, 6) is 0. The maximum Gasteiger partial charge on any atom is 0.515 e. The molecule has 1 fully saturated rings. The molecular formula is C15H16BCl2NO2S. The predicted octanol–water partition coefficient (Wildman–Crippen LogP) is 4.42. The summed E-state index contributed by atoms with van der Waals surface area (Å²) < 4.78 is 12.0. The third-order valence-electron chi connectivity index (χ3n) is 4.18. The Bertz CT molecular complexity index is 701. The molecular weight excluding hydrogens is 340 g/mol. The number of benzene rings is 1. The highest BCUT2D eigenvalue weighted by atomic mass is 35.5. The van der Waals surface area contributed by atoms with Crippen molar-refractivity contribution in [2.24, 2.45) is 0 Å². The molecule has 0 amide bonds. The van der Waals surface area contributed by atoms with Crippen molar-refractivity contribution in [1.29, 1.82) is 0 Å². The molecule has 3 nitrogen and oxygen atoms in total. The lowest BCUT2D eigenvalue weighted by atomic mass is 9.86. The fourth-order valence-electron chi connectivity index (χ4n) is 2.12. The van der Waals surface area contributed by atoms with Gasteiger partial charge < -0.3 is 9.31 Å². The molecule has 1 aromatic carbocycles. The molecule has 2 aromatic rings. The summed E-state index contributed by atoms with van der Waals surface area (Å²) in [6.45, 7) is 8.11. The Morgan fingerprint density at radius 1 is 1.05 bits per heavy atom. The van der Waals surface area contributed by atoms with E-state index >= 15 is 0 Å². The highest BCUT2D eigenvalue weighted by molar-refractivity contribution is 7.14. The van der Waals surface area contributed by atoms with Gasteiger partial charge in [-0.3, -0.25) is 0 Å². The standard InChI is InChI=1S/C15H16BCl2NO2S/c1-14(2)15(3,4)21-16(20-14)12-8-22-13(19-12)9-5-6-10(17)11(18)7-9/h5-8H,1-4H3. The molecule has 116 valence electrons. The maximum absolute atomic E-state index is 6.07. The van der Waals surface area contributed by atoms with E-state index in [0.717, 1.165) is 16.2 Å². The number of rotatable bonds is 2. The van der Waals surface area contributed by atoms with E-state index in [-0.39, 0.29) is 11.2 Å². The zero-order chi connectivity index (χ0) is 16.1. The summed E-state index contributed by atoms with van der Waals surface area (Å²) in [7, 11) is -0.447. The lowest BCUT2D eigenvalue weighted by Gasteiger charge is -2.32. The Hall–Kier alpha value is -0.585. The van der Waals surface area contributed by atoms with Gasteiger partial charge >= 0.3 is 7.12 Å². The molecule has 0 unspecified atom stereocenters. The average Bonchev–Trinajstić information content (AvgIpc) is 2.97. The molecule has 0 aliphatic carbocycles. The van der Waals surface area contributed by atoms with Crippen LogP contribution in [-0.4, -0.2) is 23.3 Å². The minimum Gasteiger partial charge on any atom is -0.398 e. The molecule has 0 spiro atoms. The van der Waals surface area contributed by atoms with Crippen LogP contribution in [0.15, 0.2) is 23.6 Å². The Morgan fingerprint density at radius 3 is 2.27 bits per heavy atom. The molecule has 0 radical (unpaired) electrons. The van der Waals surface area contributed by atoms with Gasteiger partial charge in [-0.1, -0.05) is 29.3 Å². The van der Waals surface area contributed by atoms with Crippen molar-refractivity contribution < 1.29 is 9.31 Å². The largest absolute Gasteiger partial charge is 0.515 e. The van der Waals surface area contributed by atoms with Crippen molar-refractivity contribution in [2.75, 3.05) is 0 Å². The fourth-order valence-corrected chi connectivity index (χ4v) is 3.24. The van der Waals surface area contributed by atoms with Gasteiger partial charge in [0.1, 0.15) is 5.01 Å². The summed E-state index contributed by atoms with van der Waals surface area (Å²) >= 11 is 13.6. The maximum atomic E-state index is 6.07. The van der Waals surface area contributed by atoms with Gasteiger partial charge in [0.25, 0.3) is 0 Å². The lowest BCUT2D eigenvalue weighted by molar-refractivity contribution is 0.00578. The molecule has 1 aromatic heterocycles. The zero-order valence-electron chi connectivity index (χ0n) is 12.8. The van der Waals surface area contributed by atoms with Crippen LogP contribution >= 0.6 is 34.5 Å². The van der Waals surface area contributed by atoms with Crippen LogP contribution in [0.5, 0.6) is 0 Å². The Kier molecular flexibility index (Phi) is 4.07. The Labute approximate surface area is 144 Å². The van der Waals surface area contributed by atoms with E-state index in [2.05, 4.69) is 4.98 Å². The first-order chi connectivity index (χ1) is 10.2. The van der Waals surface area contributed by atoms with E-state index < -0.39 is 7.12 Å². The van der Waals surface area contributed by atoms with Crippen LogP contribution in [-0.2, 0) is 9.31 Å². The molecule has 0 bridgehead atoms. The van der Waals surface area contributed by atoms with Gasteiger partial charge in [0.05, 0.1) is 26.8 Å². The zero-order valence-corrected chi connectivity index (χ0v) is 15.1. The second-order valence-corrected chi connectivity index (χ2v) is 7.97. The predicted molar refractivity (Wildman–Crippen MR) is 93.3 cm³/mol. The van der Waals surface area contributed by atoms with E-state index in [9.17, 15) is 0 Å². The summed E-state index contributed by atoms with van der Waals surface area (Å²) in [5, 5.41) is 3.88. The second kappa shape index (κ2) is 5.50.